The maximum absolute atomic E-state index is 13.5. The quantitative estimate of drug-likeness (QED) is 0.185. The summed E-state index contributed by atoms with van der Waals surface area (Å²) in [6.07, 6.45) is 7.81. The molecule has 246 valence electrons. The van der Waals surface area contributed by atoms with Gasteiger partial charge in [0.15, 0.2) is 0 Å². The van der Waals surface area contributed by atoms with Gasteiger partial charge < -0.3 is 19.3 Å². The highest BCUT2D eigenvalue weighted by atomic mass is 16.5. The molecule has 1 amide bonds. The molecule has 4 aromatic carbocycles. The van der Waals surface area contributed by atoms with Crippen LogP contribution in [0.1, 0.15) is 71.7 Å². The fraction of sp³-hybridized carbons (Fsp3) is 0.268. The summed E-state index contributed by atoms with van der Waals surface area (Å²) >= 11 is 0. The molecule has 1 N–H and O–H groups in total. The van der Waals surface area contributed by atoms with Crippen molar-refractivity contribution in [1.29, 1.82) is 0 Å². The predicted octanol–water partition coefficient (Wildman–Crippen LogP) is 9.03. The summed E-state index contributed by atoms with van der Waals surface area (Å²) in [7, 11) is 1.66. The van der Waals surface area contributed by atoms with E-state index in [1.807, 2.05) is 65.6 Å². The molecule has 1 saturated heterocycles. The molecule has 6 aromatic rings. The Morgan fingerprint density at radius 1 is 0.714 bits per heavy atom. The molecule has 1 aliphatic carbocycles. The minimum absolute atomic E-state index is 0.0572. The van der Waals surface area contributed by atoms with Gasteiger partial charge in [-0.1, -0.05) is 43.5 Å². The average molecular weight is 651 g/mol. The molecule has 49 heavy (non-hydrogen) atoms. The van der Waals surface area contributed by atoms with Crippen LogP contribution in [0.3, 0.4) is 0 Å². The molecule has 0 spiro atoms. The highest BCUT2D eigenvalue weighted by Crippen LogP contribution is 2.38. The summed E-state index contributed by atoms with van der Waals surface area (Å²) in [5, 5.41) is 10.6. The topological polar surface area (TPSA) is 97.5 Å². The van der Waals surface area contributed by atoms with Gasteiger partial charge in [0.25, 0.3) is 5.91 Å². The van der Waals surface area contributed by atoms with Gasteiger partial charge in [0.05, 0.1) is 34.9 Å². The monoisotopic (exact) mass is 650 g/mol. The van der Waals surface area contributed by atoms with Gasteiger partial charge in [-0.3, -0.25) is 4.79 Å². The number of ether oxygens (including phenoxy) is 1. The molecule has 0 radical (unpaired) electrons. The lowest BCUT2D eigenvalue weighted by atomic mass is 9.94. The van der Waals surface area contributed by atoms with Crippen molar-refractivity contribution in [3.8, 4) is 39.5 Å². The molecular weight excluding hydrogens is 612 g/mol. The number of fused-ring (bicyclic) bond motifs is 2. The van der Waals surface area contributed by atoms with Crippen molar-refractivity contribution in [2.75, 3.05) is 20.2 Å². The van der Waals surface area contributed by atoms with E-state index in [9.17, 15) is 14.7 Å². The Bertz CT molecular complexity index is 2210. The SMILES string of the molecule is COc1ccc(-c2ccc(C(=O)N3CCCC3)cc2-c2ccc3cc(-c4nc5cc(C(=O)O)ccc5n4C4CCCCC4)ccc3n2)cc1. The Morgan fingerprint density at radius 2 is 1.47 bits per heavy atom. The highest BCUT2D eigenvalue weighted by Gasteiger charge is 2.24. The van der Waals surface area contributed by atoms with E-state index >= 15 is 0 Å². The van der Waals surface area contributed by atoms with Crippen molar-refractivity contribution < 1.29 is 19.4 Å². The number of carboxylic acid groups (broad SMARTS) is 1. The van der Waals surface area contributed by atoms with Gasteiger partial charge in [-0.2, -0.15) is 0 Å². The number of benzene rings is 4. The third kappa shape index (κ3) is 5.81. The molecule has 8 nitrogen and oxygen atoms in total. The lowest BCUT2D eigenvalue weighted by molar-refractivity contribution is 0.0696. The molecule has 8 rings (SSSR count). The summed E-state index contributed by atoms with van der Waals surface area (Å²) < 4.78 is 7.73. The number of pyridine rings is 1. The second-order valence-corrected chi connectivity index (χ2v) is 13.2. The molecule has 1 aliphatic heterocycles. The van der Waals surface area contributed by atoms with Crippen molar-refractivity contribution in [3.05, 3.63) is 102 Å². The summed E-state index contributed by atoms with van der Waals surface area (Å²) in [6, 6.07) is 29.8. The highest BCUT2D eigenvalue weighted by molar-refractivity contribution is 5.98. The minimum Gasteiger partial charge on any atom is -0.497 e. The van der Waals surface area contributed by atoms with Crippen LogP contribution in [0, 0.1) is 0 Å². The largest absolute Gasteiger partial charge is 0.497 e. The van der Waals surface area contributed by atoms with Gasteiger partial charge in [0, 0.05) is 41.2 Å². The smallest absolute Gasteiger partial charge is 0.335 e. The Balaban J connectivity index is 1.22. The third-order valence-corrected chi connectivity index (χ3v) is 10.2. The number of amides is 1. The molecule has 2 aromatic heterocycles. The van der Waals surface area contributed by atoms with Crippen LogP contribution in [-0.2, 0) is 0 Å². The molecule has 3 heterocycles. The molecular formula is C41H38N4O4. The Morgan fingerprint density at radius 3 is 2.22 bits per heavy atom. The van der Waals surface area contributed by atoms with E-state index in [0.717, 1.165) is 94.7 Å². The van der Waals surface area contributed by atoms with Crippen molar-refractivity contribution in [2.24, 2.45) is 0 Å². The van der Waals surface area contributed by atoms with Gasteiger partial charge in [-0.15, -0.1) is 0 Å². The molecule has 8 heteroatoms. The van der Waals surface area contributed by atoms with Crippen LogP contribution < -0.4 is 4.74 Å². The zero-order valence-corrected chi connectivity index (χ0v) is 27.6. The van der Waals surface area contributed by atoms with Crippen LogP contribution in [0.5, 0.6) is 5.75 Å². The summed E-state index contributed by atoms with van der Waals surface area (Å²) in [5.74, 6) is 0.738. The first-order valence-electron chi connectivity index (χ1n) is 17.2. The first-order valence-corrected chi connectivity index (χ1v) is 17.2. The molecule has 2 aliphatic rings. The first-order chi connectivity index (χ1) is 24.0. The van der Waals surface area contributed by atoms with E-state index in [2.05, 4.69) is 22.8 Å². The van der Waals surface area contributed by atoms with E-state index in [1.165, 1.54) is 19.3 Å². The van der Waals surface area contributed by atoms with Gasteiger partial charge in [0.2, 0.25) is 0 Å². The van der Waals surface area contributed by atoms with Crippen molar-refractivity contribution in [3.63, 3.8) is 0 Å². The maximum Gasteiger partial charge on any atom is 0.335 e. The summed E-state index contributed by atoms with van der Waals surface area (Å²) in [6.45, 7) is 1.58. The van der Waals surface area contributed by atoms with E-state index in [-0.39, 0.29) is 11.5 Å². The lowest BCUT2D eigenvalue weighted by Crippen LogP contribution is -2.27. The zero-order valence-electron chi connectivity index (χ0n) is 27.6. The Kier molecular flexibility index (Phi) is 8.07. The minimum atomic E-state index is -0.954. The van der Waals surface area contributed by atoms with Crippen LogP contribution in [0.25, 0.3) is 55.7 Å². The van der Waals surface area contributed by atoms with E-state index in [1.54, 1.807) is 19.2 Å². The molecule has 0 atom stereocenters. The lowest BCUT2D eigenvalue weighted by Gasteiger charge is -2.25. The molecule has 2 fully saturated rings. The number of likely N-dealkylation sites (tertiary alicyclic amines) is 1. The summed E-state index contributed by atoms with van der Waals surface area (Å²) in [4.78, 5) is 37.3. The zero-order chi connectivity index (χ0) is 33.5. The van der Waals surface area contributed by atoms with Crippen LogP contribution >= 0.6 is 0 Å². The van der Waals surface area contributed by atoms with Crippen LogP contribution in [0.4, 0.5) is 0 Å². The summed E-state index contributed by atoms with van der Waals surface area (Å²) in [5.41, 5.74) is 8.07. The molecule has 0 unspecified atom stereocenters. The van der Waals surface area contributed by atoms with Crippen LogP contribution in [0.15, 0.2) is 91.0 Å². The standard InChI is InChI=1S/C41H38N4O4/c1-49-32-15-9-26(10-16-32)33-17-11-29(40(46)44-21-5-6-22-44)24-34(33)36-19-12-27-23-28(13-18-35(27)42-36)39-43-37-25-30(41(47)48)14-20-38(37)45(39)31-7-3-2-4-8-31/h9-20,23-25,31H,2-8,21-22H2,1H3,(H,47,48). The fourth-order valence-electron chi connectivity index (χ4n) is 7.57. The van der Waals surface area contributed by atoms with Crippen molar-refractivity contribution >= 4 is 33.8 Å². The van der Waals surface area contributed by atoms with E-state index in [0.29, 0.717) is 17.1 Å². The Labute approximate surface area is 285 Å². The molecule has 1 saturated carbocycles. The number of nitrogens with zero attached hydrogens (tertiary/aromatic N) is 4. The number of hydrogen-bond donors (Lipinski definition) is 1. The predicted molar refractivity (Wildman–Crippen MR) is 192 cm³/mol. The first kappa shape index (κ1) is 30.8. The van der Waals surface area contributed by atoms with Crippen LogP contribution in [-0.4, -0.2) is 56.6 Å². The number of carbonyl (C=O) groups excluding carboxylic acids is 1. The van der Waals surface area contributed by atoms with Crippen molar-refractivity contribution in [1.82, 2.24) is 19.4 Å². The Hall–Kier alpha value is -5.50. The second-order valence-electron chi connectivity index (χ2n) is 13.2. The third-order valence-electron chi connectivity index (χ3n) is 10.2. The average Bonchev–Trinajstić information content (AvgIpc) is 3.83. The second kappa shape index (κ2) is 12.8. The maximum atomic E-state index is 13.5. The van der Waals surface area contributed by atoms with Crippen molar-refractivity contribution in [2.45, 2.75) is 51.0 Å². The number of hydrogen-bond acceptors (Lipinski definition) is 5. The number of aromatic nitrogens is 3. The normalized spacial score (nSPS) is 15.2. The van der Waals surface area contributed by atoms with Gasteiger partial charge in [-0.25, -0.2) is 14.8 Å². The molecule has 0 bridgehead atoms. The van der Waals surface area contributed by atoms with Gasteiger partial charge >= 0.3 is 5.97 Å². The number of carbonyl (C=O) groups is 2. The van der Waals surface area contributed by atoms with E-state index < -0.39 is 5.97 Å². The van der Waals surface area contributed by atoms with E-state index in [4.69, 9.17) is 14.7 Å². The number of rotatable bonds is 7. The number of imidazole rings is 1. The fourth-order valence-corrected chi connectivity index (χ4v) is 7.57. The van der Waals surface area contributed by atoms with Gasteiger partial charge in [-0.05, 0) is 104 Å². The number of aromatic carboxylic acids is 1. The van der Waals surface area contributed by atoms with Crippen LogP contribution in [0.2, 0.25) is 0 Å². The van der Waals surface area contributed by atoms with Gasteiger partial charge in [0.1, 0.15) is 11.6 Å². The number of carboxylic acids is 1. The number of methoxy groups -OCH3 is 1.